The van der Waals surface area contributed by atoms with Gasteiger partial charge in [0.25, 0.3) is 0 Å². The lowest BCUT2D eigenvalue weighted by Gasteiger charge is -2.38. The van der Waals surface area contributed by atoms with E-state index in [0.29, 0.717) is 6.61 Å². The van der Waals surface area contributed by atoms with Gasteiger partial charge in [-0.2, -0.15) is 0 Å². The second kappa shape index (κ2) is 6.83. The number of rotatable bonds is 5. The molecule has 1 saturated heterocycles. The van der Waals surface area contributed by atoms with Crippen molar-refractivity contribution in [1.82, 2.24) is 5.32 Å². The number of aliphatic hydroxyl groups is 1. The Morgan fingerprint density at radius 3 is 2.58 bits per heavy atom. The monoisotopic (exact) mass is 275 g/mol. The fraction of sp³-hybridized carbons (Fsp3) is 0.833. The van der Waals surface area contributed by atoms with Crippen molar-refractivity contribution in [3.05, 3.63) is 0 Å². The molecule has 1 rings (SSSR count). The average molecular weight is 275 g/mol. The van der Waals surface area contributed by atoms with E-state index in [0.717, 1.165) is 0 Å². The lowest BCUT2D eigenvalue weighted by atomic mass is 10.00. The Kier molecular flexibility index (Phi) is 5.71. The van der Waals surface area contributed by atoms with Gasteiger partial charge in [-0.05, 0) is 5.92 Å². The summed E-state index contributed by atoms with van der Waals surface area (Å²) in [6.45, 7) is 5.53. The number of aliphatic carboxylic acids is 1. The standard InChI is InChI=1S/C12H21NO6/c1-6(2)5-18-12-10(13-7(3)14)8(15)4-9(19-12)11(16)17/h6,8-10,12,15H,4-5H2,1-3H3,(H,13,14)(H,16,17)/t8-,9?,10+,12+/m0/s1. The van der Waals surface area contributed by atoms with E-state index < -0.39 is 30.5 Å². The summed E-state index contributed by atoms with van der Waals surface area (Å²) in [6.07, 6.45) is -3.19. The Morgan fingerprint density at radius 1 is 1.47 bits per heavy atom. The molecular formula is C12H21NO6. The number of nitrogens with one attached hydrogen (secondary N) is 1. The predicted octanol–water partition coefficient (Wildman–Crippen LogP) is -0.276. The van der Waals surface area contributed by atoms with E-state index in [1.165, 1.54) is 6.92 Å². The van der Waals surface area contributed by atoms with Crippen LogP contribution in [0.5, 0.6) is 0 Å². The zero-order valence-electron chi connectivity index (χ0n) is 11.3. The van der Waals surface area contributed by atoms with Crippen LogP contribution in [0.25, 0.3) is 0 Å². The fourth-order valence-electron chi connectivity index (χ4n) is 1.84. The minimum Gasteiger partial charge on any atom is -0.479 e. The molecule has 0 bridgehead atoms. The molecule has 1 aliphatic heterocycles. The highest BCUT2D eigenvalue weighted by molar-refractivity contribution is 5.74. The fourth-order valence-corrected chi connectivity index (χ4v) is 1.84. The summed E-state index contributed by atoms with van der Waals surface area (Å²) in [5.74, 6) is -1.26. The van der Waals surface area contributed by atoms with Gasteiger partial charge in [0.1, 0.15) is 6.04 Å². The largest absolute Gasteiger partial charge is 0.479 e. The van der Waals surface area contributed by atoms with Gasteiger partial charge in [-0.25, -0.2) is 4.79 Å². The van der Waals surface area contributed by atoms with Crippen LogP contribution < -0.4 is 5.32 Å². The first-order valence-electron chi connectivity index (χ1n) is 6.26. The van der Waals surface area contributed by atoms with Crippen LogP contribution >= 0.6 is 0 Å². The van der Waals surface area contributed by atoms with Crippen LogP contribution in [0.1, 0.15) is 27.2 Å². The topological polar surface area (TPSA) is 105 Å². The van der Waals surface area contributed by atoms with Crippen molar-refractivity contribution in [1.29, 1.82) is 0 Å². The van der Waals surface area contributed by atoms with Crippen molar-refractivity contribution in [2.24, 2.45) is 5.92 Å². The summed E-state index contributed by atoms with van der Waals surface area (Å²) in [5.41, 5.74) is 0. The summed E-state index contributed by atoms with van der Waals surface area (Å²) < 4.78 is 10.7. The van der Waals surface area contributed by atoms with Gasteiger partial charge in [-0.3, -0.25) is 4.79 Å². The second-order valence-electron chi connectivity index (χ2n) is 5.09. The van der Waals surface area contributed by atoms with Crippen molar-refractivity contribution in [2.45, 2.75) is 51.7 Å². The van der Waals surface area contributed by atoms with Gasteiger partial charge in [-0.1, -0.05) is 13.8 Å². The molecule has 0 aromatic heterocycles. The normalized spacial score (nSPS) is 31.2. The van der Waals surface area contributed by atoms with Crippen molar-refractivity contribution >= 4 is 11.9 Å². The second-order valence-corrected chi connectivity index (χ2v) is 5.09. The van der Waals surface area contributed by atoms with Gasteiger partial charge >= 0.3 is 5.97 Å². The Balaban J connectivity index is 2.74. The van der Waals surface area contributed by atoms with Gasteiger partial charge < -0.3 is 25.0 Å². The molecule has 0 spiro atoms. The summed E-state index contributed by atoms with van der Waals surface area (Å²) in [5, 5.41) is 21.4. The van der Waals surface area contributed by atoms with Gasteiger partial charge in [-0.15, -0.1) is 0 Å². The highest BCUT2D eigenvalue weighted by atomic mass is 16.7. The van der Waals surface area contributed by atoms with Crippen molar-refractivity contribution in [3.63, 3.8) is 0 Å². The molecule has 4 atom stereocenters. The molecule has 1 fully saturated rings. The van der Waals surface area contributed by atoms with Crippen LogP contribution in [-0.2, 0) is 19.1 Å². The van der Waals surface area contributed by atoms with E-state index in [1.807, 2.05) is 13.8 Å². The number of hydrogen-bond acceptors (Lipinski definition) is 5. The molecule has 1 aliphatic rings. The minimum atomic E-state index is -1.15. The molecule has 1 amide bonds. The molecule has 1 unspecified atom stereocenters. The number of amides is 1. The van der Waals surface area contributed by atoms with Crippen molar-refractivity contribution < 1.29 is 29.3 Å². The molecule has 7 heteroatoms. The quantitative estimate of drug-likeness (QED) is 0.637. The first-order chi connectivity index (χ1) is 8.81. The minimum absolute atomic E-state index is 0.0815. The predicted molar refractivity (Wildman–Crippen MR) is 65.3 cm³/mol. The molecule has 7 nitrogen and oxygen atoms in total. The highest BCUT2D eigenvalue weighted by Gasteiger charge is 2.41. The van der Waals surface area contributed by atoms with Crippen LogP contribution in [0.2, 0.25) is 0 Å². The van der Waals surface area contributed by atoms with Crippen LogP contribution in [-0.4, -0.2) is 53.2 Å². The van der Waals surface area contributed by atoms with Crippen LogP contribution in [0.3, 0.4) is 0 Å². The maximum Gasteiger partial charge on any atom is 0.333 e. The first-order valence-corrected chi connectivity index (χ1v) is 6.26. The van der Waals surface area contributed by atoms with Gasteiger partial charge in [0.2, 0.25) is 5.91 Å². The zero-order valence-corrected chi connectivity index (χ0v) is 11.3. The van der Waals surface area contributed by atoms with E-state index in [2.05, 4.69) is 5.32 Å². The smallest absolute Gasteiger partial charge is 0.333 e. The average Bonchev–Trinajstić information content (AvgIpc) is 2.28. The molecule has 110 valence electrons. The highest BCUT2D eigenvalue weighted by Crippen LogP contribution is 2.22. The van der Waals surface area contributed by atoms with Crippen LogP contribution in [0.15, 0.2) is 0 Å². The third-order valence-corrected chi connectivity index (χ3v) is 2.70. The van der Waals surface area contributed by atoms with Crippen LogP contribution in [0, 0.1) is 5.92 Å². The van der Waals surface area contributed by atoms with E-state index >= 15 is 0 Å². The van der Waals surface area contributed by atoms with Gasteiger partial charge in [0.15, 0.2) is 12.4 Å². The third-order valence-electron chi connectivity index (χ3n) is 2.70. The maximum atomic E-state index is 11.1. The zero-order chi connectivity index (χ0) is 14.6. The SMILES string of the molecule is CC(=O)N[C@H]1[C@H](OCC(C)C)OC(C(=O)O)C[C@@H]1O. The number of hydrogen-bond donors (Lipinski definition) is 3. The summed E-state index contributed by atoms with van der Waals surface area (Å²) >= 11 is 0. The Hall–Kier alpha value is -1.18. The number of aliphatic hydroxyl groups excluding tert-OH is 1. The summed E-state index contributed by atoms with van der Waals surface area (Å²) in [4.78, 5) is 22.0. The molecule has 0 saturated carbocycles. The molecule has 1 heterocycles. The Morgan fingerprint density at radius 2 is 2.11 bits per heavy atom. The number of ether oxygens (including phenoxy) is 2. The summed E-state index contributed by atoms with van der Waals surface area (Å²) in [6, 6.07) is -0.758. The maximum absolute atomic E-state index is 11.1. The molecule has 19 heavy (non-hydrogen) atoms. The molecule has 0 aliphatic carbocycles. The number of carboxylic acid groups (broad SMARTS) is 1. The van der Waals surface area contributed by atoms with Crippen molar-refractivity contribution in [3.8, 4) is 0 Å². The van der Waals surface area contributed by atoms with Gasteiger partial charge in [0.05, 0.1) is 12.7 Å². The van der Waals surface area contributed by atoms with Crippen molar-refractivity contribution in [2.75, 3.05) is 6.61 Å². The molecule has 0 aromatic rings. The Labute approximate surface area is 111 Å². The molecule has 0 radical (unpaired) electrons. The van der Waals surface area contributed by atoms with Gasteiger partial charge in [0, 0.05) is 13.3 Å². The molecular weight excluding hydrogens is 254 g/mol. The lowest BCUT2D eigenvalue weighted by Crippen LogP contribution is -2.59. The first kappa shape index (κ1) is 15.9. The van der Waals surface area contributed by atoms with E-state index in [-0.39, 0.29) is 18.2 Å². The number of carboxylic acids is 1. The molecule has 0 aromatic carbocycles. The lowest BCUT2D eigenvalue weighted by molar-refractivity contribution is -0.237. The van der Waals surface area contributed by atoms with E-state index in [1.54, 1.807) is 0 Å². The molecule has 3 N–H and O–H groups in total. The Bertz CT molecular complexity index is 332. The summed E-state index contributed by atoms with van der Waals surface area (Å²) in [7, 11) is 0. The van der Waals surface area contributed by atoms with E-state index in [4.69, 9.17) is 14.6 Å². The number of carbonyl (C=O) groups excluding carboxylic acids is 1. The number of carbonyl (C=O) groups is 2. The third kappa shape index (κ3) is 4.77. The van der Waals surface area contributed by atoms with E-state index in [9.17, 15) is 14.7 Å². The van der Waals surface area contributed by atoms with Crippen LogP contribution in [0.4, 0.5) is 0 Å².